The molecule has 0 saturated heterocycles. The van der Waals surface area contributed by atoms with Crippen molar-refractivity contribution in [1.29, 1.82) is 0 Å². The molecule has 5 nitrogen and oxygen atoms in total. The molecule has 0 aromatic heterocycles. The van der Waals surface area contributed by atoms with E-state index in [2.05, 4.69) is 5.32 Å². The Labute approximate surface area is 140 Å². The van der Waals surface area contributed by atoms with Crippen molar-refractivity contribution in [2.24, 2.45) is 5.92 Å². The zero-order valence-electron chi connectivity index (χ0n) is 11.3. The van der Waals surface area contributed by atoms with Gasteiger partial charge in [0.15, 0.2) is 0 Å². The van der Waals surface area contributed by atoms with Crippen LogP contribution >= 0.6 is 23.2 Å². The number of anilines is 1. The highest BCUT2D eigenvalue weighted by Gasteiger charge is 2.56. The van der Waals surface area contributed by atoms with Gasteiger partial charge in [-0.1, -0.05) is 0 Å². The van der Waals surface area contributed by atoms with E-state index in [0.29, 0.717) is 6.42 Å². The molecule has 1 fully saturated rings. The summed E-state index contributed by atoms with van der Waals surface area (Å²) in [5, 5.41) is 2.49. The molecule has 23 heavy (non-hydrogen) atoms. The highest BCUT2D eigenvalue weighted by atomic mass is 35.5. The van der Waals surface area contributed by atoms with Crippen molar-refractivity contribution in [1.82, 2.24) is 4.72 Å². The fourth-order valence-corrected chi connectivity index (χ4v) is 3.23. The summed E-state index contributed by atoms with van der Waals surface area (Å²) in [4.78, 5) is 11.4. The average molecular weight is 391 g/mol. The fourth-order valence-electron chi connectivity index (χ4n) is 1.70. The van der Waals surface area contributed by atoms with Gasteiger partial charge in [0.1, 0.15) is 10.9 Å². The van der Waals surface area contributed by atoms with E-state index < -0.39 is 38.9 Å². The first-order valence-electron chi connectivity index (χ1n) is 6.26. The van der Waals surface area contributed by atoms with Gasteiger partial charge >= 0.3 is 6.18 Å². The second-order valence-corrected chi connectivity index (χ2v) is 8.28. The highest BCUT2D eigenvalue weighted by Crippen LogP contribution is 2.53. The van der Waals surface area contributed by atoms with Crippen LogP contribution in [0.3, 0.4) is 0 Å². The Balaban J connectivity index is 2.00. The number of carbonyl (C=O) groups is 1. The third kappa shape index (κ3) is 4.97. The van der Waals surface area contributed by atoms with Crippen LogP contribution < -0.4 is 10.0 Å². The number of hydrogen-bond acceptors (Lipinski definition) is 3. The number of halogens is 5. The van der Waals surface area contributed by atoms with Gasteiger partial charge in [0.2, 0.25) is 15.9 Å². The summed E-state index contributed by atoms with van der Waals surface area (Å²) in [5.41, 5.74) is 0.279. The quantitative estimate of drug-likeness (QED) is 0.758. The lowest BCUT2D eigenvalue weighted by atomic mass is 10.3. The van der Waals surface area contributed by atoms with Crippen LogP contribution in [0.5, 0.6) is 0 Å². The summed E-state index contributed by atoms with van der Waals surface area (Å²) < 4.78 is 59.9. The minimum Gasteiger partial charge on any atom is -0.326 e. The number of nitrogens with one attached hydrogen (secondary N) is 2. The predicted molar refractivity (Wildman–Crippen MR) is 78.9 cm³/mol. The van der Waals surface area contributed by atoms with Crippen molar-refractivity contribution in [2.75, 3.05) is 11.9 Å². The van der Waals surface area contributed by atoms with Gasteiger partial charge in [-0.2, -0.15) is 13.2 Å². The number of amides is 1. The summed E-state index contributed by atoms with van der Waals surface area (Å²) in [6.45, 7) is -1.66. The van der Waals surface area contributed by atoms with E-state index in [1.54, 1.807) is 0 Å². The zero-order chi connectivity index (χ0) is 17.5. The van der Waals surface area contributed by atoms with Gasteiger partial charge < -0.3 is 5.32 Å². The highest BCUT2D eigenvalue weighted by molar-refractivity contribution is 7.89. The molecule has 1 aliphatic carbocycles. The van der Waals surface area contributed by atoms with Crippen LogP contribution in [0.15, 0.2) is 29.2 Å². The zero-order valence-corrected chi connectivity index (χ0v) is 13.7. The molecule has 1 unspecified atom stereocenters. The second kappa shape index (κ2) is 6.12. The van der Waals surface area contributed by atoms with Crippen molar-refractivity contribution in [3.05, 3.63) is 24.3 Å². The van der Waals surface area contributed by atoms with E-state index in [-0.39, 0.29) is 10.6 Å². The van der Waals surface area contributed by atoms with Crippen molar-refractivity contribution in [3.63, 3.8) is 0 Å². The van der Waals surface area contributed by atoms with Crippen LogP contribution in [-0.2, 0) is 14.8 Å². The van der Waals surface area contributed by atoms with Crippen LogP contribution in [-0.4, -0.2) is 31.4 Å². The third-order valence-corrected chi connectivity index (χ3v) is 5.29. The predicted octanol–water partition coefficient (Wildman–Crippen LogP) is 2.66. The van der Waals surface area contributed by atoms with E-state index in [1.165, 1.54) is 16.9 Å². The molecule has 0 spiro atoms. The minimum absolute atomic E-state index is 0.279. The van der Waals surface area contributed by atoms with Gasteiger partial charge in [-0.25, -0.2) is 13.1 Å². The summed E-state index contributed by atoms with van der Waals surface area (Å²) >= 11 is 11.5. The molecule has 1 aromatic carbocycles. The lowest BCUT2D eigenvalue weighted by Crippen LogP contribution is -2.33. The van der Waals surface area contributed by atoms with E-state index in [1.807, 2.05) is 0 Å². The van der Waals surface area contributed by atoms with Crippen molar-refractivity contribution in [2.45, 2.75) is 21.8 Å². The molecule has 0 bridgehead atoms. The molecule has 1 saturated carbocycles. The van der Waals surface area contributed by atoms with E-state index in [0.717, 1.165) is 12.1 Å². The molecule has 1 atom stereocenters. The summed E-state index contributed by atoms with van der Waals surface area (Å²) in [6.07, 6.45) is -4.34. The molecule has 0 heterocycles. The average Bonchev–Trinajstić information content (AvgIpc) is 3.06. The van der Waals surface area contributed by atoms with Gasteiger partial charge in [-0.15, -0.1) is 23.2 Å². The Hall–Kier alpha value is -1.03. The number of carbonyl (C=O) groups excluding carboxylic acids is 1. The largest absolute Gasteiger partial charge is 0.402 e. The first-order valence-corrected chi connectivity index (χ1v) is 8.50. The second-order valence-electron chi connectivity index (χ2n) is 4.97. The first kappa shape index (κ1) is 18.3. The topological polar surface area (TPSA) is 75.3 Å². The lowest BCUT2D eigenvalue weighted by molar-refractivity contribution is -0.121. The smallest absolute Gasteiger partial charge is 0.326 e. The Kier molecular flexibility index (Phi) is 4.87. The summed E-state index contributed by atoms with van der Waals surface area (Å²) in [7, 11) is -4.29. The Morgan fingerprint density at radius 3 is 2.22 bits per heavy atom. The molecule has 1 aliphatic rings. The SMILES string of the molecule is O=C(Nc1ccc(S(=O)(=O)NCC(F)(F)F)cc1)C1CC1(Cl)Cl. The molecular weight excluding hydrogens is 380 g/mol. The lowest BCUT2D eigenvalue weighted by Gasteiger charge is -2.10. The van der Waals surface area contributed by atoms with Gasteiger partial charge in [0.25, 0.3) is 0 Å². The Bertz CT molecular complexity index is 705. The molecule has 1 aromatic rings. The molecule has 0 aliphatic heterocycles. The maximum Gasteiger partial charge on any atom is 0.402 e. The summed E-state index contributed by atoms with van der Waals surface area (Å²) in [5.74, 6) is -0.969. The van der Waals surface area contributed by atoms with Crippen molar-refractivity contribution < 1.29 is 26.4 Å². The first-order chi connectivity index (χ1) is 10.4. The van der Waals surface area contributed by atoms with Crippen LogP contribution in [0.2, 0.25) is 0 Å². The van der Waals surface area contributed by atoms with Crippen LogP contribution in [0.4, 0.5) is 18.9 Å². The van der Waals surface area contributed by atoms with E-state index in [9.17, 15) is 26.4 Å². The van der Waals surface area contributed by atoms with Crippen LogP contribution in [0.1, 0.15) is 6.42 Å². The number of sulfonamides is 1. The van der Waals surface area contributed by atoms with E-state index in [4.69, 9.17) is 23.2 Å². The number of alkyl halides is 5. The number of benzene rings is 1. The summed E-state index contributed by atoms with van der Waals surface area (Å²) in [6, 6.07) is 4.67. The molecule has 2 N–H and O–H groups in total. The van der Waals surface area contributed by atoms with Crippen LogP contribution in [0, 0.1) is 5.92 Å². The number of rotatable bonds is 5. The van der Waals surface area contributed by atoms with Gasteiger partial charge in [0, 0.05) is 5.69 Å². The molecule has 0 radical (unpaired) electrons. The van der Waals surface area contributed by atoms with Crippen molar-refractivity contribution in [3.8, 4) is 0 Å². The van der Waals surface area contributed by atoms with Gasteiger partial charge in [0.05, 0.1) is 10.8 Å². The maximum atomic E-state index is 12.1. The third-order valence-electron chi connectivity index (χ3n) is 3.04. The Morgan fingerprint density at radius 1 is 1.26 bits per heavy atom. The fraction of sp³-hybridized carbons (Fsp3) is 0.417. The van der Waals surface area contributed by atoms with E-state index >= 15 is 0 Å². The maximum absolute atomic E-state index is 12.1. The van der Waals surface area contributed by atoms with Gasteiger partial charge in [-0.05, 0) is 30.7 Å². The van der Waals surface area contributed by atoms with Gasteiger partial charge in [-0.3, -0.25) is 4.79 Å². The van der Waals surface area contributed by atoms with Crippen molar-refractivity contribution >= 4 is 44.8 Å². The minimum atomic E-state index is -4.65. The molecule has 1 amide bonds. The normalized spacial score (nSPS) is 20.1. The monoisotopic (exact) mass is 390 g/mol. The molecule has 11 heteroatoms. The van der Waals surface area contributed by atoms with Crippen LogP contribution in [0.25, 0.3) is 0 Å². The number of hydrogen-bond donors (Lipinski definition) is 2. The Morgan fingerprint density at radius 2 is 1.78 bits per heavy atom. The molecule has 128 valence electrons. The molecule has 2 rings (SSSR count). The molecular formula is C12H11Cl2F3N2O3S. The standard InChI is InChI=1S/C12H11Cl2F3N2O3S/c13-11(14)5-9(11)10(20)19-7-1-3-8(4-2-7)23(21,22)18-6-12(15,16)17/h1-4,9,18H,5-6H2,(H,19,20).